The second-order valence-electron chi connectivity index (χ2n) is 3.33. The van der Waals surface area contributed by atoms with E-state index in [1.807, 2.05) is 6.92 Å². The van der Waals surface area contributed by atoms with E-state index < -0.39 is 11.7 Å². The van der Waals surface area contributed by atoms with Gasteiger partial charge in [-0.2, -0.15) is 13.2 Å². The minimum Gasteiger partial charge on any atom is -0.493 e. The Bertz CT molecular complexity index is 348. The largest absolute Gasteiger partial charge is 0.493 e. The summed E-state index contributed by atoms with van der Waals surface area (Å²) in [6, 6.07) is 3.08. The van der Waals surface area contributed by atoms with Crippen LogP contribution in [0, 0.1) is 0 Å². The highest BCUT2D eigenvalue weighted by Gasteiger charge is 2.31. The average Bonchev–Trinajstić information content (AvgIpc) is 2.24. The normalized spacial score (nSPS) is 11.6. The summed E-state index contributed by atoms with van der Waals surface area (Å²) in [6.07, 6.45) is -3.70. The first-order valence-electron chi connectivity index (χ1n) is 4.92. The van der Waals surface area contributed by atoms with Gasteiger partial charge in [0.25, 0.3) is 0 Å². The third-order valence-corrected chi connectivity index (χ3v) is 2.03. The minimum atomic E-state index is -4.39. The fraction of sp³-hybridized carbons (Fsp3) is 0.455. The third-order valence-electron chi connectivity index (χ3n) is 2.03. The molecule has 0 fully saturated rings. The summed E-state index contributed by atoms with van der Waals surface area (Å²) in [4.78, 5) is 0. The highest BCUT2D eigenvalue weighted by Crippen LogP contribution is 2.33. The van der Waals surface area contributed by atoms with Crippen LogP contribution in [0.25, 0.3) is 0 Å². The summed E-state index contributed by atoms with van der Waals surface area (Å²) >= 11 is 0. The Labute approximate surface area is 91.7 Å². The number of hydrogen-bond donors (Lipinski definition) is 1. The van der Waals surface area contributed by atoms with Crippen LogP contribution in [0.15, 0.2) is 18.2 Å². The molecular weight excluding hydrogens is 221 g/mol. The maximum atomic E-state index is 12.4. The molecule has 0 aliphatic heterocycles. The van der Waals surface area contributed by atoms with Gasteiger partial charge in [0.15, 0.2) is 0 Å². The van der Waals surface area contributed by atoms with E-state index in [4.69, 9.17) is 9.84 Å². The Hall–Kier alpha value is -1.23. The number of halogens is 3. The Morgan fingerprint density at radius 3 is 2.50 bits per heavy atom. The lowest BCUT2D eigenvalue weighted by molar-refractivity contribution is -0.137. The molecule has 1 aromatic carbocycles. The van der Waals surface area contributed by atoms with E-state index in [0.717, 1.165) is 12.1 Å². The maximum Gasteiger partial charge on any atom is 0.416 e. The predicted octanol–water partition coefficient (Wildman–Crippen LogP) is 2.99. The molecule has 1 aromatic rings. The lowest BCUT2D eigenvalue weighted by Crippen LogP contribution is -2.07. The Balaban J connectivity index is 3.01. The van der Waals surface area contributed by atoms with Gasteiger partial charge in [0.1, 0.15) is 5.75 Å². The monoisotopic (exact) mass is 234 g/mol. The lowest BCUT2D eigenvalue weighted by Gasteiger charge is -2.13. The molecule has 1 rings (SSSR count). The standard InChI is InChI=1S/C11H13F3O2/c1-2-5-16-10-6-9(11(12,13)14)4-3-8(10)7-15/h3-4,6,15H,2,5,7H2,1H3. The second-order valence-corrected chi connectivity index (χ2v) is 3.33. The van der Waals surface area contributed by atoms with Crippen molar-refractivity contribution in [2.24, 2.45) is 0 Å². The van der Waals surface area contributed by atoms with Crippen LogP contribution < -0.4 is 4.74 Å². The van der Waals surface area contributed by atoms with E-state index in [9.17, 15) is 13.2 Å². The van der Waals surface area contributed by atoms with Gasteiger partial charge in [0.05, 0.1) is 18.8 Å². The predicted molar refractivity (Wildman–Crippen MR) is 53.2 cm³/mol. The van der Waals surface area contributed by atoms with Gasteiger partial charge in [-0.25, -0.2) is 0 Å². The minimum absolute atomic E-state index is 0.0965. The molecule has 16 heavy (non-hydrogen) atoms. The molecule has 0 spiro atoms. The van der Waals surface area contributed by atoms with E-state index in [2.05, 4.69) is 0 Å². The van der Waals surface area contributed by atoms with Gasteiger partial charge in [0.2, 0.25) is 0 Å². The highest BCUT2D eigenvalue weighted by molar-refractivity contribution is 5.38. The quantitative estimate of drug-likeness (QED) is 0.867. The van der Waals surface area contributed by atoms with Crippen LogP contribution in [0.4, 0.5) is 13.2 Å². The number of aliphatic hydroxyl groups is 1. The van der Waals surface area contributed by atoms with Gasteiger partial charge in [-0.1, -0.05) is 13.0 Å². The van der Waals surface area contributed by atoms with Crippen molar-refractivity contribution in [2.45, 2.75) is 26.1 Å². The van der Waals surface area contributed by atoms with Crippen molar-refractivity contribution >= 4 is 0 Å². The molecule has 5 heteroatoms. The molecule has 1 N–H and O–H groups in total. The molecule has 90 valence electrons. The van der Waals surface area contributed by atoms with Gasteiger partial charge >= 0.3 is 6.18 Å². The average molecular weight is 234 g/mol. The molecule has 0 saturated heterocycles. The summed E-state index contributed by atoms with van der Waals surface area (Å²) in [6.45, 7) is 1.84. The maximum absolute atomic E-state index is 12.4. The number of alkyl halides is 3. The van der Waals surface area contributed by atoms with Gasteiger partial charge in [-0.05, 0) is 18.6 Å². The number of aliphatic hydroxyl groups excluding tert-OH is 1. The molecule has 0 radical (unpaired) electrons. The molecule has 2 nitrogen and oxygen atoms in total. The van der Waals surface area contributed by atoms with Crippen molar-refractivity contribution in [1.82, 2.24) is 0 Å². The molecule has 0 bridgehead atoms. The molecule has 0 amide bonds. The Kier molecular flexibility index (Phi) is 4.18. The number of hydrogen-bond acceptors (Lipinski definition) is 2. The van der Waals surface area contributed by atoms with Crippen LogP contribution in [0.3, 0.4) is 0 Å². The van der Waals surface area contributed by atoms with Gasteiger partial charge in [-0.15, -0.1) is 0 Å². The molecular formula is C11H13F3O2. The van der Waals surface area contributed by atoms with Crippen LogP contribution in [-0.2, 0) is 12.8 Å². The van der Waals surface area contributed by atoms with Gasteiger partial charge in [0, 0.05) is 5.56 Å². The van der Waals surface area contributed by atoms with E-state index in [1.54, 1.807) is 0 Å². The zero-order valence-corrected chi connectivity index (χ0v) is 8.84. The van der Waals surface area contributed by atoms with Gasteiger partial charge < -0.3 is 9.84 Å². The van der Waals surface area contributed by atoms with Crippen molar-refractivity contribution in [3.05, 3.63) is 29.3 Å². The molecule has 0 aliphatic rings. The fourth-order valence-corrected chi connectivity index (χ4v) is 1.21. The van der Waals surface area contributed by atoms with E-state index in [0.29, 0.717) is 18.6 Å². The molecule has 0 heterocycles. The first-order chi connectivity index (χ1) is 7.49. The zero-order chi connectivity index (χ0) is 12.2. The molecule has 0 aromatic heterocycles. The second kappa shape index (κ2) is 5.21. The van der Waals surface area contributed by atoms with Crippen LogP contribution in [0.2, 0.25) is 0 Å². The topological polar surface area (TPSA) is 29.5 Å². The smallest absolute Gasteiger partial charge is 0.416 e. The van der Waals surface area contributed by atoms with E-state index >= 15 is 0 Å². The fourth-order valence-electron chi connectivity index (χ4n) is 1.21. The SMILES string of the molecule is CCCOc1cc(C(F)(F)F)ccc1CO. The lowest BCUT2D eigenvalue weighted by atomic mass is 10.1. The number of rotatable bonds is 4. The van der Waals surface area contributed by atoms with Crippen molar-refractivity contribution in [3.63, 3.8) is 0 Å². The summed E-state index contributed by atoms with van der Waals surface area (Å²) in [7, 11) is 0. The summed E-state index contributed by atoms with van der Waals surface area (Å²) in [5.41, 5.74) is -0.405. The van der Waals surface area contributed by atoms with Crippen molar-refractivity contribution in [2.75, 3.05) is 6.61 Å². The van der Waals surface area contributed by atoms with Crippen LogP contribution in [0.1, 0.15) is 24.5 Å². The Morgan fingerprint density at radius 2 is 2.00 bits per heavy atom. The first-order valence-corrected chi connectivity index (χ1v) is 4.92. The molecule has 0 aliphatic carbocycles. The summed E-state index contributed by atoms with van der Waals surface area (Å²) in [5.74, 6) is 0.0965. The summed E-state index contributed by atoms with van der Waals surface area (Å²) < 4.78 is 42.4. The third kappa shape index (κ3) is 3.13. The number of ether oxygens (including phenoxy) is 1. The van der Waals surface area contributed by atoms with Crippen LogP contribution >= 0.6 is 0 Å². The van der Waals surface area contributed by atoms with E-state index in [1.165, 1.54) is 6.07 Å². The molecule has 0 saturated carbocycles. The molecule has 0 unspecified atom stereocenters. The zero-order valence-electron chi connectivity index (χ0n) is 8.84. The Morgan fingerprint density at radius 1 is 1.31 bits per heavy atom. The summed E-state index contributed by atoms with van der Waals surface area (Å²) in [5, 5.41) is 8.95. The van der Waals surface area contributed by atoms with Crippen molar-refractivity contribution in [3.8, 4) is 5.75 Å². The first kappa shape index (κ1) is 12.8. The van der Waals surface area contributed by atoms with Crippen molar-refractivity contribution < 1.29 is 23.0 Å². The van der Waals surface area contributed by atoms with Crippen LogP contribution in [0.5, 0.6) is 5.75 Å². The molecule has 0 atom stereocenters. The van der Waals surface area contributed by atoms with Crippen molar-refractivity contribution in [1.29, 1.82) is 0 Å². The van der Waals surface area contributed by atoms with Gasteiger partial charge in [-0.3, -0.25) is 0 Å². The highest BCUT2D eigenvalue weighted by atomic mass is 19.4. The van der Waals surface area contributed by atoms with E-state index in [-0.39, 0.29) is 12.4 Å². The van der Waals surface area contributed by atoms with Crippen LogP contribution in [-0.4, -0.2) is 11.7 Å². The number of benzene rings is 1.